The van der Waals surface area contributed by atoms with Crippen molar-refractivity contribution in [3.8, 4) is 0 Å². The van der Waals surface area contributed by atoms with Gasteiger partial charge < -0.3 is 15.7 Å². The highest BCUT2D eigenvalue weighted by Crippen LogP contribution is 2.30. The van der Waals surface area contributed by atoms with Crippen LogP contribution < -0.4 is 10.6 Å². The van der Waals surface area contributed by atoms with E-state index in [-0.39, 0.29) is 12.1 Å². The van der Waals surface area contributed by atoms with Crippen molar-refractivity contribution in [1.82, 2.24) is 9.97 Å². The van der Waals surface area contributed by atoms with Gasteiger partial charge in [0.25, 0.3) is 0 Å². The second-order valence-corrected chi connectivity index (χ2v) is 8.64. The number of hydrogen-bond donors (Lipinski definition) is 3. The normalized spacial score (nSPS) is 19.8. The SMILES string of the molecule is O=Cc1cc(Nc2nc3ccc(Br)cc3s2)nc(N[C@H]2CC[C@H](O)CC2)c1. The maximum Gasteiger partial charge on any atom is 0.189 e. The molecule has 27 heavy (non-hydrogen) atoms. The number of aromatic nitrogens is 2. The molecule has 8 heteroatoms. The Kier molecular flexibility index (Phi) is 5.38. The molecule has 0 aliphatic heterocycles. The van der Waals surface area contributed by atoms with Crippen molar-refractivity contribution in [2.45, 2.75) is 37.8 Å². The van der Waals surface area contributed by atoms with Crippen LogP contribution in [0, 0.1) is 0 Å². The third kappa shape index (κ3) is 4.45. The quantitative estimate of drug-likeness (QED) is 0.491. The Hall–Kier alpha value is -2.03. The first-order valence-electron chi connectivity index (χ1n) is 8.84. The molecule has 1 aliphatic carbocycles. The third-order valence-electron chi connectivity index (χ3n) is 4.62. The van der Waals surface area contributed by atoms with Crippen molar-refractivity contribution in [2.24, 2.45) is 0 Å². The summed E-state index contributed by atoms with van der Waals surface area (Å²) in [4.78, 5) is 20.5. The first kappa shape index (κ1) is 18.3. The number of aliphatic hydroxyl groups excluding tert-OH is 1. The molecular weight excluding hydrogens is 428 g/mol. The lowest BCUT2D eigenvalue weighted by molar-refractivity contribution is 0.112. The van der Waals surface area contributed by atoms with Crippen LogP contribution in [0.1, 0.15) is 36.0 Å². The Morgan fingerprint density at radius 2 is 1.89 bits per heavy atom. The molecule has 2 heterocycles. The second-order valence-electron chi connectivity index (χ2n) is 6.69. The second kappa shape index (κ2) is 7.92. The predicted molar refractivity (Wildman–Crippen MR) is 112 cm³/mol. The molecule has 1 aliphatic rings. The Morgan fingerprint density at radius 3 is 2.67 bits per heavy atom. The van der Waals surface area contributed by atoms with Crippen LogP contribution in [-0.4, -0.2) is 33.5 Å². The van der Waals surface area contributed by atoms with Crippen LogP contribution in [0.15, 0.2) is 34.8 Å². The number of aldehydes is 1. The molecule has 4 rings (SSSR count). The van der Waals surface area contributed by atoms with Crippen LogP contribution in [0.2, 0.25) is 0 Å². The van der Waals surface area contributed by atoms with Gasteiger partial charge in [0.2, 0.25) is 0 Å². The first-order chi connectivity index (χ1) is 13.1. The maximum atomic E-state index is 11.3. The molecule has 0 amide bonds. The van der Waals surface area contributed by atoms with E-state index in [0.717, 1.165) is 51.8 Å². The fraction of sp³-hybridized carbons (Fsp3) is 0.316. The topological polar surface area (TPSA) is 87.1 Å². The largest absolute Gasteiger partial charge is 0.393 e. The molecule has 0 radical (unpaired) electrons. The van der Waals surface area contributed by atoms with Gasteiger partial charge in [0, 0.05) is 16.1 Å². The zero-order valence-electron chi connectivity index (χ0n) is 14.5. The summed E-state index contributed by atoms with van der Waals surface area (Å²) in [6.45, 7) is 0. The van der Waals surface area contributed by atoms with Gasteiger partial charge >= 0.3 is 0 Å². The number of thiazole rings is 1. The van der Waals surface area contributed by atoms with Crippen LogP contribution in [-0.2, 0) is 0 Å². The van der Waals surface area contributed by atoms with E-state index in [1.165, 1.54) is 11.3 Å². The van der Waals surface area contributed by atoms with Gasteiger partial charge in [0.15, 0.2) is 5.13 Å². The van der Waals surface area contributed by atoms with Gasteiger partial charge in [-0.05, 0) is 56.0 Å². The van der Waals surface area contributed by atoms with Crippen molar-refractivity contribution in [1.29, 1.82) is 0 Å². The average molecular weight is 447 g/mol. The van der Waals surface area contributed by atoms with Gasteiger partial charge in [0.1, 0.15) is 17.9 Å². The molecule has 1 saturated carbocycles. The molecule has 3 aromatic rings. The molecule has 0 unspecified atom stereocenters. The predicted octanol–water partition coefficient (Wildman–Crippen LogP) is 4.73. The molecular formula is C19H19BrN4O2S. The Balaban J connectivity index is 1.55. The molecule has 2 aromatic heterocycles. The minimum atomic E-state index is -0.200. The lowest BCUT2D eigenvalue weighted by Crippen LogP contribution is -2.28. The number of rotatable bonds is 5. The summed E-state index contributed by atoms with van der Waals surface area (Å²) >= 11 is 5.00. The smallest absolute Gasteiger partial charge is 0.189 e. The van der Waals surface area contributed by atoms with E-state index in [1.54, 1.807) is 12.1 Å². The monoisotopic (exact) mass is 446 g/mol. The fourth-order valence-electron chi connectivity index (χ4n) is 3.25. The number of benzene rings is 1. The van der Waals surface area contributed by atoms with E-state index < -0.39 is 0 Å². The van der Waals surface area contributed by atoms with Gasteiger partial charge in [-0.3, -0.25) is 4.79 Å². The van der Waals surface area contributed by atoms with Crippen LogP contribution in [0.5, 0.6) is 0 Å². The van der Waals surface area contributed by atoms with Crippen LogP contribution in [0.25, 0.3) is 10.2 Å². The van der Waals surface area contributed by atoms with E-state index in [2.05, 4.69) is 36.5 Å². The summed E-state index contributed by atoms with van der Waals surface area (Å²) < 4.78 is 2.08. The summed E-state index contributed by atoms with van der Waals surface area (Å²) in [6.07, 6.45) is 3.98. The Morgan fingerprint density at radius 1 is 1.11 bits per heavy atom. The zero-order chi connectivity index (χ0) is 18.8. The lowest BCUT2D eigenvalue weighted by Gasteiger charge is -2.26. The number of pyridine rings is 1. The molecule has 0 spiro atoms. The summed E-state index contributed by atoms with van der Waals surface area (Å²) in [6, 6.07) is 9.66. The van der Waals surface area contributed by atoms with E-state index in [1.807, 2.05) is 18.2 Å². The molecule has 0 atom stereocenters. The molecule has 3 N–H and O–H groups in total. The van der Waals surface area contributed by atoms with Crippen LogP contribution in [0.4, 0.5) is 16.8 Å². The van der Waals surface area contributed by atoms with Crippen molar-refractivity contribution >= 4 is 60.5 Å². The number of nitrogens with one attached hydrogen (secondary N) is 2. The molecule has 6 nitrogen and oxygen atoms in total. The number of halogens is 1. The van der Waals surface area contributed by atoms with Gasteiger partial charge in [-0.25, -0.2) is 9.97 Å². The number of carbonyl (C=O) groups is 1. The standard InChI is InChI=1S/C19H19BrN4O2S/c20-12-1-6-15-16(9-12)27-19(22-15)24-18-8-11(10-25)7-17(23-18)21-13-2-4-14(26)5-3-13/h1,6-10,13-14,26H,2-5H2,(H2,21,22,23,24)/t13-,14-. The summed E-state index contributed by atoms with van der Waals surface area (Å²) in [5.41, 5.74) is 1.46. The van der Waals surface area contributed by atoms with Gasteiger partial charge in [-0.15, -0.1) is 0 Å². The minimum Gasteiger partial charge on any atom is -0.393 e. The molecule has 0 bridgehead atoms. The highest BCUT2D eigenvalue weighted by atomic mass is 79.9. The molecule has 0 saturated heterocycles. The molecule has 1 fully saturated rings. The van der Waals surface area contributed by atoms with Gasteiger partial charge in [-0.2, -0.15) is 0 Å². The number of aliphatic hydroxyl groups is 1. The van der Waals surface area contributed by atoms with Crippen molar-refractivity contribution in [3.63, 3.8) is 0 Å². The van der Waals surface area contributed by atoms with Gasteiger partial charge in [0.05, 0.1) is 16.3 Å². The number of fused-ring (bicyclic) bond motifs is 1. The van der Waals surface area contributed by atoms with Crippen molar-refractivity contribution in [3.05, 3.63) is 40.4 Å². The van der Waals surface area contributed by atoms with Crippen molar-refractivity contribution < 1.29 is 9.90 Å². The average Bonchev–Trinajstić information content (AvgIpc) is 3.04. The van der Waals surface area contributed by atoms with Crippen molar-refractivity contribution in [2.75, 3.05) is 10.6 Å². The third-order valence-corrected chi connectivity index (χ3v) is 6.04. The summed E-state index contributed by atoms with van der Waals surface area (Å²) in [5.74, 6) is 1.24. The Labute approximate surface area is 169 Å². The van der Waals surface area contributed by atoms with E-state index in [4.69, 9.17) is 0 Å². The molecule has 140 valence electrons. The van der Waals surface area contributed by atoms with Crippen LogP contribution >= 0.6 is 27.3 Å². The highest BCUT2D eigenvalue weighted by Gasteiger charge is 2.19. The fourth-order valence-corrected chi connectivity index (χ4v) is 4.67. The van der Waals surface area contributed by atoms with Gasteiger partial charge in [-0.1, -0.05) is 27.3 Å². The zero-order valence-corrected chi connectivity index (χ0v) is 16.9. The maximum absolute atomic E-state index is 11.3. The highest BCUT2D eigenvalue weighted by molar-refractivity contribution is 9.10. The van der Waals surface area contributed by atoms with Crippen LogP contribution in [0.3, 0.4) is 0 Å². The van der Waals surface area contributed by atoms with E-state index >= 15 is 0 Å². The number of hydrogen-bond acceptors (Lipinski definition) is 7. The van der Waals surface area contributed by atoms with E-state index in [9.17, 15) is 9.90 Å². The minimum absolute atomic E-state index is 0.200. The first-order valence-corrected chi connectivity index (χ1v) is 10.4. The lowest BCUT2D eigenvalue weighted by atomic mass is 9.93. The summed E-state index contributed by atoms with van der Waals surface area (Å²) in [5, 5.41) is 17.0. The van der Waals surface area contributed by atoms with E-state index in [0.29, 0.717) is 17.2 Å². The number of nitrogens with zero attached hydrogens (tertiary/aromatic N) is 2. The molecule has 1 aromatic carbocycles. The number of carbonyl (C=O) groups excluding carboxylic acids is 1. The Bertz CT molecular complexity index is 969. The summed E-state index contributed by atoms with van der Waals surface area (Å²) in [7, 11) is 0. The number of anilines is 3.